The summed E-state index contributed by atoms with van der Waals surface area (Å²) < 4.78 is 18.9. The highest BCUT2D eigenvalue weighted by Crippen LogP contribution is 2.07. The fourth-order valence-corrected chi connectivity index (χ4v) is 1.34. The van der Waals surface area contributed by atoms with Crippen molar-refractivity contribution in [3.8, 4) is 11.4 Å². The first-order valence-electron chi connectivity index (χ1n) is 4.60. The molecule has 16 heavy (non-hydrogen) atoms. The molecule has 2 heterocycles. The molecular formula is C11H9FN2O2. The van der Waals surface area contributed by atoms with Crippen molar-refractivity contribution in [3.63, 3.8) is 0 Å². The second-order valence-corrected chi connectivity index (χ2v) is 3.09. The third-order valence-corrected chi connectivity index (χ3v) is 2.12. The predicted molar refractivity (Wildman–Crippen MR) is 56.3 cm³/mol. The maximum Gasteiger partial charge on any atom is 0.297 e. The molecule has 0 spiro atoms. The average molecular weight is 220 g/mol. The number of ether oxygens (including phenoxy) is 1. The van der Waals surface area contributed by atoms with Crippen LogP contribution in [-0.2, 0) is 0 Å². The Labute approximate surface area is 90.9 Å². The monoisotopic (exact) mass is 220 g/mol. The minimum Gasteiger partial charge on any atom is -0.491 e. The summed E-state index contributed by atoms with van der Waals surface area (Å²) >= 11 is 0. The number of hydrogen-bond acceptors (Lipinski definition) is 3. The molecule has 2 rings (SSSR count). The standard InChI is InChI=1S/C11H9FN2O2/c1-16-9-3-2-6-14(11(9)15)8-4-5-10(12)13-7-8/h2-7H,1H3. The molecule has 4 nitrogen and oxygen atoms in total. The van der Waals surface area contributed by atoms with E-state index in [9.17, 15) is 9.18 Å². The SMILES string of the molecule is COc1cccn(-c2ccc(F)nc2)c1=O. The van der Waals surface area contributed by atoms with Crippen molar-refractivity contribution in [3.05, 3.63) is 53.0 Å². The van der Waals surface area contributed by atoms with Crippen LogP contribution in [0.5, 0.6) is 5.75 Å². The summed E-state index contributed by atoms with van der Waals surface area (Å²) in [7, 11) is 1.42. The molecule has 0 radical (unpaired) electrons. The number of methoxy groups -OCH3 is 1. The van der Waals surface area contributed by atoms with Crippen molar-refractivity contribution in [1.29, 1.82) is 0 Å². The summed E-state index contributed by atoms with van der Waals surface area (Å²) in [6, 6.07) is 5.91. The molecule has 0 saturated carbocycles. The summed E-state index contributed by atoms with van der Waals surface area (Å²) in [5.74, 6) is -0.355. The third-order valence-electron chi connectivity index (χ3n) is 2.12. The number of halogens is 1. The molecule has 5 heteroatoms. The lowest BCUT2D eigenvalue weighted by molar-refractivity contribution is 0.406. The summed E-state index contributed by atoms with van der Waals surface area (Å²) in [4.78, 5) is 15.3. The maximum atomic E-state index is 12.6. The van der Waals surface area contributed by atoms with Gasteiger partial charge in [-0.1, -0.05) is 0 Å². The van der Waals surface area contributed by atoms with E-state index in [1.807, 2.05) is 0 Å². The van der Waals surface area contributed by atoms with E-state index >= 15 is 0 Å². The van der Waals surface area contributed by atoms with E-state index in [0.717, 1.165) is 0 Å². The zero-order valence-electron chi connectivity index (χ0n) is 8.55. The Kier molecular flexibility index (Phi) is 2.68. The van der Waals surface area contributed by atoms with Gasteiger partial charge in [0.15, 0.2) is 5.75 Å². The van der Waals surface area contributed by atoms with Crippen LogP contribution in [0.3, 0.4) is 0 Å². The van der Waals surface area contributed by atoms with Gasteiger partial charge in [0, 0.05) is 6.20 Å². The lowest BCUT2D eigenvalue weighted by atomic mass is 10.3. The zero-order valence-corrected chi connectivity index (χ0v) is 8.55. The average Bonchev–Trinajstić information content (AvgIpc) is 2.31. The van der Waals surface area contributed by atoms with Gasteiger partial charge in [0.2, 0.25) is 5.95 Å². The van der Waals surface area contributed by atoms with Crippen molar-refractivity contribution in [2.75, 3.05) is 7.11 Å². The lowest BCUT2D eigenvalue weighted by Crippen LogP contribution is -2.18. The molecule has 0 fully saturated rings. The van der Waals surface area contributed by atoms with Crippen molar-refractivity contribution in [1.82, 2.24) is 9.55 Å². The van der Waals surface area contributed by atoms with Crippen molar-refractivity contribution in [2.24, 2.45) is 0 Å². The Morgan fingerprint density at radius 1 is 1.38 bits per heavy atom. The summed E-state index contributed by atoms with van der Waals surface area (Å²) in [5.41, 5.74) is 0.184. The Morgan fingerprint density at radius 2 is 2.19 bits per heavy atom. The van der Waals surface area contributed by atoms with Crippen LogP contribution < -0.4 is 10.3 Å². The molecule has 0 aliphatic carbocycles. The fourth-order valence-electron chi connectivity index (χ4n) is 1.34. The molecule has 0 atom stereocenters. The highest BCUT2D eigenvalue weighted by atomic mass is 19.1. The zero-order chi connectivity index (χ0) is 11.5. The van der Waals surface area contributed by atoms with Crippen LogP contribution in [0.4, 0.5) is 4.39 Å². The summed E-state index contributed by atoms with van der Waals surface area (Å²) in [5, 5.41) is 0. The highest BCUT2D eigenvalue weighted by molar-refractivity contribution is 5.31. The highest BCUT2D eigenvalue weighted by Gasteiger charge is 2.04. The van der Waals surface area contributed by atoms with Gasteiger partial charge < -0.3 is 4.74 Å². The normalized spacial score (nSPS) is 10.1. The summed E-state index contributed by atoms with van der Waals surface area (Å²) in [6.45, 7) is 0. The Balaban J connectivity index is 2.56. The van der Waals surface area contributed by atoms with E-state index in [1.165, 1.54) is 30.0 Å². The number of hydrogen-bond donors (Lipinski definition) is 0. The number of nitrogens with zero attached hydrogens (tertiary/aromatic N) is 2. The van der Waals surface area contributed by atoms with Gasteiger partial charge in [-0.3, -0.25) is 9.36 Å². The topological polar surface area (TPSA) is 44.1 Å². The van der Waals surface area contributed by atoms with Gasteiger partial charge in [0.25, 0.3) is 5.56 Å². The third kappa shape index (κ3) is 1.79. The minimum absolute atomic E-state index is 0.229. The molecule has 82 valence electrons. The van der Waals surface area contributed by atoms with Crippen LogP contribution in [-0.4, -0.2) is 16.7 Å². The van der Waals surface area contributed by atoms with Crippen molar-refractivity contribution >= 4 is 0 Å². The van der Waals surface area contributed by atoms with Gasteiger partial charge in [0.1, 0.15) is 0 Å². The molecule has 2 aromatic rings. The van der Waals surface area contributed by atoms with Crippen LogP contribution in [0.15, 0.2) is 41.5 Å². The van der Waals surface area contributed by atoms with E-state index in [1.54, 1.807) is 18.3 Å². The quantitative estimate of drug-likeness (QED) is 0.718. The van der Waals surface area contributed by atoms with Crippen LogP contribution in [0.1, 0.15) is 0 Å². The van der Waals surface area contributed by atoms with E-state index in [4.69, 9.17) is 4.74 Å². The second kappa shape index (κ2) is 4.14. The van der Waals surface area contributed by atoms with E-state index < -0.39 is 5.95 Å². The van der Waals surface area contributed by atoms with E-state index in [0.29, 0.717) is 5.69 Å². The van der Waals surface area contributed by atoms with Gasteiger partial charge in [-0.05, 0) is 24.3 Å². The van der Waals surface area contributed by atoms with Gasteiger partial charge in [-0.25, -0.2) is 4.98 Å². The molecule has 0 bridgehead atoms. The molecule has 2 aromatic heterocycles. The van der Waals surface area contributed by atoms with E-state index in [-0.39, 0.29) is 11.3 Å². The van der Waals surface area contributed by atoms with Crippen molar-refractivity contribution < 1.29 is 9.13 Å². The fraction of sp³-hybridized carbons (Fsp3) is 0.0909. The number of aromatic nitrogens is 2. The van der Waals surface area contributed by atoms with Gasteiger partial charge in [-0.2, -0.15) is 4.39 Å². The largest absolute Gasteiger partial charge is 0.491 e. The Hall–Kier alpha value is -2.17. The summed E-state index contributed by atoms with van der Waals surface area (Å²) in [6.07, 6.45) is 2.86. The first-order chi connectivity index (χ1) is 7.72. The Morgan fingerprint density at radius 3 is 2.81 bits per heavy atom. The van der Waals surface area contributed by atoms with Crippen LogP contribution >= 0.6 is 0 Å². The molecule has 0 saturated heterocycles. The minimum atomic E-state index is -0.584. The molecule has 0 N–H and O–H groups in total. The smallest absolute Gasteiger partial charge is 0.297 e. The van der Waals surface area contributed by atoms with Crippen LogP contribution in [0.2, 0.25) is 0 Å². The van der Waals surface area contributed by atoms with Crippen molar-refractivity contribution in [2.45, 2.75) is 0 Å². The lowest BCUT2D eigenvalue weighted by Gasteiger charge is -2.06. The molecular weight excluding hydrogens is 211 g/mol. The van der Waals surface area contributed by atoms with Gasteiger partial charge >= 0.3 is 0 Å². The molecule has 0 aromatic carbocycles. The van der Waals surface area contributed by atoms with Crippen LogP contribution in [0.25, 0.3) is 5.69 Å². The van der Waals surface area contributed by atoms with Gasteiger partial charge in [-0.15, -0.1) is 0 Å². The molecule has 0 unspecified atom stereocenters. The van der Waals surface area contributed by atoms with Crippen LogP contribution in [0, 0.1) is 5.95 Å². The molecule has 0 amide bonds. The number of pyridine rings is 2. The molecule has 0 aliphatic heterocycles. The first kappa shape index (κ1) is 10.4. The predicted octanol–water partition coefficient (Wildman–Crippen LogP) is 1.38. The maximum absolute atomic E-state index is 12.6. The van der Waals surface area contributed by atoms with E-state index in [2.05, 4.69) is 4.98 Å². The molecule has 0 aliphatic rings. The number of rotatable bonds is 2. The van der Waals surface area contributed by atoms with Gasteiger partial charge in [0.05, 0.1) is 19.0 Å². The Bertz CT molecular complexity index is 549. The first-order valence-corrected chi connectivity index (χ1v) is 4.60. The second-order valence-electron chi connectivity index (χ2n) is 3.09.